The molecule has 1 fully saturated rings. The summed E-state index contributed by atoms with van der Waals surface area (Å²) >= 11 is 3.47. The fourth-order valence-corrected chi connectivity index (χ4v) is 2.55. The first kappa shape index (κ1) is 14.3. The van der Waals surface area contributed by atoms with E-state index in [1.165, 1.54) is 0 Å². The van der Waals surface area contributed by atoms with Crippen LogP contribution < -0.4 is 10.1 Å². The van der Waals surface area contributed by atoms with Crippen LogP contribution in [0.5, 0.6) is 5.75 Å². The van der Waals surface area contributed by atoms with Gasteiger partial charge in [-0.25, -0.2) is 0 Å². The third-order valence-corrected chi connectivity index (χ3v) is 4.01. The molecular formula is C14H19BrN2O2. The molecule has 1 heterocycles. The Hall–Kier alpha value is -1.07. The molecular weight excluding hydrogens is 308 g/mol. The number of halogens is 1. The Morgan fingerprint density at radius 2 is 2.26 bits per heavy atom. The van der Waals surface area contributed by atoms with Crippen molar-refractivity contribution in [3.8, 4) is 5.75 Å². The number of likely N-dealkylation sites (N-methyl/N-ethyl adjacent to an activating group) is 1. The second kappa shape index (κ2) is 5.92. The minimum absolute atomic E-state index is 0.0611. The molecule has 104 valence electrons. The average Bonchev–Trinajstić information content (AvgIpc) is 2.71. The normalized spacial score (nSPS) is 20.7. The van der Waals surface area contributed by atoms with Crippen molar-refractivity contribution in [2.45, 2.75) is 25.5 Å². The Balaban J connectivity index is 2.22. The zero-order valence-electron chi connectivity index (χ0n) is 11.4. The number of hydrogen-bond donors (Lipinski definition) is 1. The fraction of sp³-hybridized carbons (Fsp3) is 0.500. The zero-order chi connectivity index (χ0) is 14.0. The molecule has 0 bridgehead atoms. The van der Waals surface area contributed by atoms with Gasteiger partial charge in [0.1, 0.15) is 5.75 Å². The van der Waals surface area contributed by atoms with Gasteiger partial charge < -0.3 is 15.0 Å². The lowest BCUT2D eigenvalue weighted by Crippen LogP contribution is -2.30. The van der Waals surface area contributed by atoms with E-state index in [0.717, 1.165) is 28.8 Å². The molecule has 1 aliphatic heterocycles. The smallest absolute Gasteiger partial charge is 0.263 e. The summed E-state index contributed by atoms with van der Waals surface area (Å²) in [7, 11) is 3.72. The zero-order valence-corrected chi connectivity index (χ0v) is 13.0. The van der Waals surface area contributed by atoms with Crippen molar-refractivity contribution in [3.05, 3.63) is 28.2 Å². The van der Waals surface area contributed by atoms with E-state index >= 15 is 0 Å². The van der Waals surface area contributed by atoms with Crippen molar-refractivity contribution in [1.82, 2.24) is 10.2 Å². The van der Waals surface area contributed by atoms with Gasteiger partial charge >= 0.3 is 0 Å². The van der Waals surface area contributed by atoms with E-state index in [0.29, 0.717) is 0 Å². The van der Waals surface area contributed by atoms with Gasteiger partial charge in [0.25, 0.3) is 5.91 Å². The van der Waals surface area contributed by atoms with Crippen LogP contribution >= 0.6 is 15.9 Å². The summed E-state index contributed by atoms with van der Waals surface area (Å²) in [5.74, 6) is 0.838. The van der Waals surface area contributed by atoms with E-state index < -0.39 is 0 Å². The van der Waals surface area contributed by atoms with Gasteiger partial charge in [-0.05, 0) is 32.2 Å². The highest BCUT2D eigenvalue weighted by Gasteiger charge is 2.31. The average molecular weight is 327 g/mol. The van der Waals surface area contributed by atoms with Crippen LogP contribution in [-0.4, -0.2) is 37.6 Å². The number of ether oxygens (including phenoxy) is 1. The number of nitrogens with zero attached hydrogens (tertiary/aromatic N) is 1. The molecule has 2 rings (SSSR count). The van der Waals surface area contributed by atoms with Gasteiger partial charge in [-0.15, -0.1) is 0 Å². The van der Waals surface area contributed by atoms with Crippen molar-refractivity contribution in [3.63, 3.8) is 0 Å². The highest BCUT2D eigenvalue weighted by Crippen LogP contribution is 2.30. The summed E-state index contributed by atoms with van der Waals surface area (Å²) in [6.07, 6.45) is 0.396. The first-order chi connectivity index (χ1) is 9.02. The van der Waals surface area contributed by atoms with E-state index in [9.17, 15) is 4.79 Å². The van der Waals surface area contributed by atoms with Crippen LogP contribution in [-0.2, 0) is 4.79 Å². The molecule has 1 amide bonds. The molecule has 1 aromatic carbocycles. The van der Waals surface area contributed by atoms with Crippen molar-refractivity contribution in [2.75, 3.05) is 20.6 Å². The van der Waals surface area contributed by atoms with Crippen LogP contribution in [0.4, 0.5) is 0 Å². The Labute approximate surface area is 122 Å². The number of carbonyl (C=O) groups is 1. The maximum Gasteiger partial charge on any atom is 0.263 e. The quantitative estimate of drug-likeness (QED) is 0.923. The summed E-state index contributed by atoms with van der Waals surface area (Å²) in [5.41, 5.74) is 1.05. The maximum absolute atomic E-state index is 11.9. The van der Waals surface area contributed by atoms with Crippen molar-refractivity contribution >= 4 is 21.8 Å². The number of benzene rings is 1. The molecule has 5 heteroatoms. The third kappa shape index (κ3) is 3.09. The van der Waals surface area contributed by atoms with Gasteiger partial charge in [0.2, 0.25) is 0 Å². The van der Waals surface area contributed by atoms with Crippen LogP contribution in [0.2, 0.25) is 0 Å². The molecule has 19 heavy (non-hydrogen) atoms. The van der Waals surface area contributed by atoms with Crippen LogP contribution in [0.1, 0.15) is 24.9 Å². The molecule has 1 N–H and O–H groups in total. The second-order valence-corrected chi connectivity index (χ2v) is 5.76. The van der Waals surface area contributed by atoms with Crippen LogP contribution in [0.3, 0.4) is 0 Å². The number of rotatable bonds is 4. The van der Waals surface area contributed by atoms with Crippen molar-refractivity contribution in [1.29, 1.82) is 0 Å². The Kier molecular flexibility index (Phi) is 4.47. The number of nitrogens with one attached hydrogen (secondary N) is 1. The molecule has 0 saturated carbocycles. The molecule has 0 aliphatic carbocycles. The molecule has 4 nitrogen and oxygen atoms in total. The topological polar surface area (TPSA) is 41.6 Å². The first-order valence-electron chi connectivity index (χ1n) is 6.41. The van der Waals surface area contributed by atoms with Gasteiger partial charge in [-0.2, -0.15) is 0 Å². The van der Waals surface area contributed by atoms with Crippen molar-refractivity contribution < 1.29 is 9.53 Å². The van der Waals surface area contributed by atoms with E-state index in [1.54, 1.807) is 4.90 Å². The van der Waals surface area contributed by atoms with Gasteiger partial charge in [0, 0.05) is 36.1 Å². The van der Waals surface area contributed by atoms with E-state index in [-0.39, 0.29) is 18.1 Å². The minimum Gasteiger partial charge on any atom is -0.480 e. The van der Waals surface area contributed by atoms with Gasteiger partial charge in [0.15, 0.2) is 6.10 Å². The monoisotopic (exact) mass is 326 g/mol. The first-order valence-corrected chi connectivity index (χ1v) is 7.20. The highest BCUT2D eigenvalue weighted by molar-refractivity contribution is 9.10. The lowest BCUT2D eigenvalue weighted by molar-refractivity contribution is -0.132. The lowest BCUT2D eigenvalue weighted by Gasteiger charge is -2.19. The molecule has 1 aromatic rings. The molecule has 0 spiro atoms. The van der Waals surface area contributed by atoms with E-state index in [2.05, 4.69) is 28.2 Å². The highest BCUT2D eigenvalue weighted by atomic mass is 79.9. The van der Waals surface area contributed by atoms with Crippen LogP contribution in [0, 0.1) is 0 Å². The molecule has 2 unspecified atom stereocenters. The van der Waals surface area contributed by atoms with Crippen LogP contribution in [0.25, 0.3) is 0 Å². The summed E-state index contributed by atoms with van der Waals surface area (Å²) in [6, 6.07) is 6.05. The predicted octanol–water partition coefficient (Wildman–Crippen LogP) is 2.34. The van der Waals surface area contributed by atoms with E-state index in [4.69, 9.17) is 4.74 Å². The third-order valence-electron chi connectivity index (χ3n) is 3.52. The Bertz CT molecular complexity index is 479. The Morgan fingerprint density at radius 3 is 2.84 bits per heavy atom. The SMILES string of the molecule is CNC(C)c1cc(Br)ccc1OC1CCN(C)C1=O. The van der Waals surface area contributed by atoms with Gasteiger partial charge in [-0.3, -0.25) is 4.79 Å². The summed E-state index contributed by atoms with van der Waals surface area (Å²) in [4.78, 5) is 13.6. The summed E-state index contributed by atoms with van der Waals surface area (Å²) in [6.45, 7) is 2.83. The second-order valence-electron chi connectivity index (χ2n) is 4.85. The predicted molar refractivity (Wildman–Crippen MR) is 78.3 cm³/mol. The lowest BCUT2D eigenvalue weighted by atomic mass is 10.1. The summed E-state index contributed by atoms with van der Waals surface area (Å²) in [5, 5.41) is 3.20. The number of likely N-dealkylation sites (tertiary alicyclic amines) is 1. The number of hydrogen-bond acceptors (Lipinski definition) is 3. The number of carbonyl (C=O) groups excluding carboxylic acids is 1. The minimum atomic E-state index is -0.353. The summed E-state index contributed by atoms with van der Waals surface area (Å²) < 4.78 is 6.92. The fourth-order valence-electron chi connectivity index (χ4n) is 2.17. The van der Waals surface area contributed by atoms with Crippen LogP contribution in [0.15, 0.2) is 22.7 Å². The molecule has 2 atom stereocenters. The molecule has 1 aliphatic rings. The standard InChI is InChI=1S/C14H19BrN2O2/c1-9(16-2)11-8-10(15)4-5-12(11)19-13-6-7-17(3)14(13)18/h4-5,8-9,13,16H,6-7H2,1-3H3. The molecule has 0 aromatic heterocycles. The van der Waals surface area contributed by atoms with Gasteiger partial charge in [-0.1, -0.05) is 15.9 Å². The largest absolute Gasteiger partial charge is 0.480 e. The number of amides is 1. The van der Waals surface area contributed by atoms with Crippen molar-refractivity contribution in [2.24, 2.45) is 0 Å². The Morgan fingerprint density at radius 1 is 1.53 bits per heavy atom. The van der Waals surface area contributed by atoms with Gasteiger partial charge in [0.05, 0.1) is 0 Å². The molecule has 1 saturated heterocycles. The maximum atomic E-state index is 11.9. The molecule has 0 radical (unpaired) electrons. The van der Waals surface area contributed by atoms with E-state index in [1.807, 2.05) is 32.3 Å².